The Morgan fingerprint density at radius 1 is 1.09 bits per heavy atom. The summed E-state index contributed by atoms with van der Waals surface area (Å²) in [5, 5.41) is 0. The predicted octanol–water partition coefficient (Wildman–Crippen LogP) is 4.30. The fourth-order valence-electron chi connectivity index (χ4n) is 5.30. The lowest BCUT2D eigenvalue weighted by molar-refractivity contribution is -0.132. The molecular weight excluding hydrogens is 412 g/mol. The third-order valence-corrected chi connectivity index (χ3v) is 7.47. The first-order valence-electron chi connectivity index (χ1n) is 12.6. The molecule has 0 unspecified atom stereocenters. The zero-order chi connectivity index (χ0) is 22.8. The smallest absolute Gasteiger partial charge is 0.222 e. The highest BCUT2D eigenvalue weighted by atomic mass is 16.5. The number of rotatable bonds is 7. The number of benzene rings is 1. The second-order valence-electron chi connectivity index (χ2n) is 9.99. The summed E-state index contributed by atoms with van der Waals surface area (Å²) in [6.45, 7) is 5.98. The fraction of sp³-hybridized carbons (Fsp3) is 0.593. The van der Waals surface area contributed by atoms with Crippen molar-refractivity contribution in [2.24, 2.45) is 5.92 Å². The first-order chi connectivity index (χ1) is 16.1. The lowest BCUT2D eigenvalue weighted by Gasteiger charge is -2.34. The number of methoxy groups -OCH3 is 1. The largest absolute Gasteiger partial charge is 0.497 e. The van der Waals surface area contributed by atoms with E-state index in [2.05, 4.69) is 11.8 Å². The van der Waals surface area contributed by atoms with Crippen LogP contribution in [-0.4, -0.2) is 54.1 Å². The molecule has 33 heavy (non-hydrogen) atoms. The van der Waals surface area contributed by atoms with E-state index in [0.717, 1.165) is 75.0 Å². The number of nitrogens with zero attached hydrogens (tertiary/aromatic N) is 4. The molecule has 2 aromatic rings. The van der Waals surface area contributed by atoms with Crippen molar-refractivity contribution in [3.8, 4) is 5.75 Å². The molecule has 1 aromatic carbocycles. The van der Waals surface area contributed by atoms with Gasteiger partial charge in [-0.25, -0.2) is 9.97 Å². The van der Waals surface area contributed by atoms with E-state index in [1.54, 1.807) is 7.11 Å². The van der Waals surface area contributed by atoms with Crippen molar-refractivity contribution in [2.75, 3.05) is 38.2 Å². The summed E-state index contributed by atoms with van der Waals surface area (Å²) in [6, 6.07) is 8.00. The number of ether oxygens (including phenoxy) is 1. The third kappa shape index (κ3) is 5.15. The van der Waals surface area contributed by atoms with E-state index in [1.807, 2.05) is 29.2 Å². The van der Waals surface area contributed by atoms with Gasteiger partial charge >= 0.3 is 0 Å². The summed E-state index contributed by atoms with van der Waals surface area (Å²) < 4.78 is 5.23. The normalized spacial score (nSPS) is 20.5. The maximum absolute atomic E-state index is 13.0. The quantitative estimate of drug-likeness (QED) is 0.632. The van der Waals surface area contributed by atoms with Crippen LogP contribution >= 0.6 is 0 Å². The average Bonchev–Trinajstić information content (AvgIpc) is 3.67. The van der Waals surface area contributed by atoms with Crippen LogP contribution in [0.15, 0.2) is 24.3 Å². The Hall–Kier alpha value is -2.63. The SMILES string of the molecule is COc1ccc(CCC(=O)N2CCC[C@@H](c3nc(C)c4c(n3)N(CC3CC3)CCC4)C2)cc1. The van der Waals surface area contributed by atoms with Crippen LogP contribution in [0.4, 0.5) is 5.82 Å². The van der Waals surface area contributed by atoms with Crippen LogP contribution in [0.3, 0.4) is 0 Å². The Morgan fingerprint density at radius 3 is 2.67 bits per heavy atom. The molecule has 3 aliphatic rings. The monoisotopic (exact) mass is 448 g/mol. The molecule has 0 bridgehead atoms. The first kappa shape index (κ1) is 22.2. The van der Waals surface area contributed by atoms with Gasteiger partial charge in [0.15, 0.2) is 0 Å². The number of carbonyl (C=O) groups excluding carboxylic acids is 1. The number of aryl methyl sites for hydroxylation is 2. The fourth-order valence-corrected chi connectivity index (χ4v) is 5.30. The molecule has 0 radical (unpaired) electrons. The average molecular weight is 449 g/mol. The minimum atomic E-state index is 0.234. The van der Waals surface area contributed by atoms with Gasteiger partial charge < -0.3 is 14.5 Å². The number of hydrogen-bond acceptors (Lipinski definition) is 5. The summed E-state index contributed by atoms with van der Waals surface area (Å²) in [4.78, 5) is 27.6. The zero-order valence-corrected chi connectivity index (χ0v) is 20.1. The minimum Gasteiger partial charge on any atom is -0.497 e. The van der Waals surface area contributed by atoms with E-state index in [4.69, 9.17) is 14.7 Å². The molecule has 3 heterocycles. The van der Waals surface area contributed by atoms with E-state index in [9.17, 15) is 4.79 Å². The van der Waals surface area contributed by atoms with Gasteiger partial charge in [-0.2, -0.15) is 0 Å². The molecule has 1 amide bonds. The molecule has 2 aliphatic heterocycles. The number of aromatic nitrogens is 2. The molecule has 1 atom stereocenters. The van der Waals surface area contributed by atoms with Gasteiger partial charge in [0.1, 0.15) is 17.4 Å². The molecule has 176 valence electrons. The summed E-state index contributed by atoms with van der Waals surface area (Å²) in [6.07, 6.45) is 8.38. The van der Waals surface area contributed by atoms with Gasteiger partial charge in [-0.3, -0.25) is 4.79 Å². The Morgan fingerprint density at radius 2 is 1.91 bits per heavy atom. The molecule has 0 N–H and O–H groups in total. The summed E-state index contributed by atoms with van der Waals surface area (Å²) in [7, 11) is 1.67. The van der Waals surface area contributed by atoms with Crippen molar-refractivity contribution >= 4 is 11.7 Å². The van der Waals surface area contributed by atoms with Crippen LogP contribution in [0.1, 0.15) is 67.1 Å². The molecule has 6 nitrogen and oxygen atoms in total. The van der Waals surface area contributed by atoms with Gasteiger partial charge in [0.25, 0.3) is 0 Å². The maximum Gasteiger partial charge on any atom is 0.222 e. The van der Waals surface area contributed by atoms with Crippen molar-refractivity contribution in [2.45, 2.75) is 64.2 Å². The van der Waals surface area contributed by atoms with Crippen LogP contribution in [0.25, 0.3) is 0 Å². The van der Waals surface area contributed by atoms with Crippen LogP contribution in [0, 0.1) is 12.8 Å². The number of fused-ring (bicyclic) bond motifs is 1. The highest BCUT2D eigenvalue weighted by Gasteiger charge is 2.31. The highest BCUT2D eigenvalue weighted by molar-refractivity contribution is 5.76. The number of piperidine rings is 1. The standard InChI is InChI=1S/C27H36N4O2/c1-19-24-6-4-16-31(17-21-7-8-21)27(24)29-26(28-19)22-5-3-15-30(18-22)25(32)14-11-20-9-12-23(33-2)13-10-20/h9-10,12-13,21-22H,3-8,11,14-18H2,1-2H3/t22-/m1/s1. The van der Waals surface area contributed by atoms with Crippen molar-refractivity contribution in [1.29, 1.82) is 0 Å². The van der Waals surface area contributed by atoms with Crippen LogP contribution < -0.4 is 9.64 Å². The predicted molar refractivity (Wildman–Crippen MR) is 130 cm³/mol. The topological polar surface area (TPSA) is 58.6 Å². The van der Waals surface area contributed by atoms with Crippen molar-refractivity contribution in [1.82, 2.24) is 14.9 Å². The van der Waals surface area contributed by atoms with E-state index in [0.29, 0.717) is 6.42 Å². The Balaban J connectivity index is 1.25. The van der Waals surface area contributed by atoms with Gasteiger partial charge in [-0.1, -0.05) is 12.1 Å². The second kappa shape index (κ2) is 9.70. The third-order valence-electron chi connectivity index (χ3n) is 7.47. The number of carbonyl (C=O) groups is 1. The van der Waals surface area contributed by atoms with Gasteiger partial charge in [0, 0.05) is 49.8 Å². The molecule has 2 fully saturated rings. The van der Waals surface area contributed by atoms with Gasteiger partial charge in [-0.15, -0.1) is 0 Å². The molecule has 1 saturated carbocycles. The van der Waals surface area contributed by atoms with E-state index >= 15 is 0 Å². The Labute approximate surface area is 197 Å². The number of hydrogen-bond donors (Lipinski definition) is 0. The summed E-state index contributed by atoms with van der Waals surface area (Å²) in [5.41, 5.74) is 3.65. The van der Waals surface area contributed by atoms with Crippen LogP contribution in [-0.2, 0) is 17.6 Å². The minimum absolute atomic E-state index is 0.234. The van der Waals surface area contributed by atoms with Crippen LogP contribution in [0.5, 0.6) is 5.75 Å². The molecule has 5 rings (SSSR count). The van der Waals surface area contributed by atoms with Crippen LogP contribution in [0.2, 0.25) is 0 Å². The van der Waals surface area contributed by atoms with E-state index in [-0.39, 0.29) is 11.8 Å². The van der Waals surface area contributed by atoms with Crippen molar-refractivity contribution < 1.29 is 9.53 Å². The van der Waals surface area contributed by atoms with E-state index < -0.39 is 0 Å². The molecular formula is C27H36N4O2. The summed E-state index contributed by atoms with van der Waals surface area (Å²) in [5.74, 6) is 4.29. The lowest BCUT2D eigenvalue weighted by Crippen LogP contribution is -2.40. The van der Waals surface area contributed by atoms with Gasteiger partial charge in [-0.05, 0) is 75.5 Å². The number of amides is 1. The molecule has 1 aromatic heterocycles. The molecule has 0 spiro atoms. The number of likely N-dealkylation sites (tertiary alicyclic amines) is 1. The Kier molecular flexibility index (Phi) is 6.52. The maximum atomic E-state index is 13.0. The second-order valence-corrected chi connectivity index (χ2v) is 9.99. The number of anilines is 1. The molecule has 6 heteroatoms. The highest BCUT2D eigenvalue weighted by Crippen LogP contribution is 2.36. The van der Waals surface area contributed by atoms with E-state index in [1.165, 1.54) is 36.2 Å². The molecule has 1 saturated heterocycles. The molecule has 1 aliphatic carbocycles. The zero-order valence-electron chi connectivity index (χ0n) is 20.1. The van der Waals surface area contributed by atoms with Gasteiger partial charge in [0.2, 0.25) is 5.91 Å². The lowest BCUT2D eigenvalue weighted by atomic mass is 9.95. The Bertz CT molecular complexity index is 986. The first-order valence-corrected chi connectivity index (χ1v) is 12.6. The van der Waals surface area contributed by atoms with Gasteiger partial charge in [0.05, 0.1) is 7.11 Å². The van der Waals surface area contributed by atoms with Crippen molar-refractivity contribution in [3.63, 3.8) is 0 Å². The van der Waals surface area contributed by atoms with Crippen molar-refractivity contribution in [3.05, 3.63) is 46.9 Å². The summed E-state index contributed by atoms with van der Waals surface area (Å²) >= 11 is 0.